The average Bonchev–Trinajstić information content (AvgIpc) is 2.75. The Bertz CT molecular complexity index is 735. The first kappa shape index (κ1) is 30.1. The van der Waals surface area contributed by atoms with E-state index in [0.717, 1.165) is 0 Å². The van der Waals surface area contributed by atoms with Gasteiger partial charge in [-0.15, -0.1) is 0 Å². The van der Waals surface area contributed by atoms with Crippen LogP contribution in [0.3, 0.4) is 0 Å². The van der Waals surface area contributed by atoms with Crippen LogP contribution in [-0.4, -0.2) is 70.5 Å². The number of nitrogens with one attached hydrogen (secondary N) is 3. The van der Waals surface area contributed by atoms with Gasteiger partial charge in [0.25, 0.3) is 0 Å². The molecule has 0 saturated heterocycles. The number of aliphatic carboxylic acids is 1. The maximum Gasteiger partial charge on any atom is 0.326 e. The molecule has 188 valence electrons. The van der Waals surface area contributed by atoms with Crippen LogP contribution in [0.5, 0.6) is 0 Å². The molecule has 10 N–H and O–H groups in total. The third kappa shape index (κ3) is 11.5. The Morgan fingerprint density at radius 1 is 0.848 bits per heavy atom. The van der Waals surface area contributed by atoms with Gasteiger partial charge in [0.15, 0.2) is 0 Å². The van der Waals surface area contributed by atoms with Gasteiger partial charge in [-0.25, -0.2) is 4.79 Å². The summed E-state index contributed by atoms with van der Waals surface area (Å²) in [6.07, 6.45) is -0.125. The van der Waals surface area contributed by atoms with E-state index in [-0.39, 0.29) is 31.4 Å². The van der Waals surface area contributed by atoms with Crippen LogP contribution in [0.25, 0.3) is 0 Å². The van der Waals surface area contributed by atoms with Gasteiger partial charge in [-0.05, 0) is 18.8 Å². The van der Waals surface area contributed by atoms with Gasteiger partial charge in [-0.3, -0.25) is 24.0 Å². The van der Waals surface area contributed by atoms with E-state index < -0.39 is 65.6 Å². The van der Waals surface area contributed by atoms with Crippen molar-refractivity contribution in [2.45, 2.75) is 70.1 Å². The lowest BCUT2D eigenvalue weighted by Crippen LogP contribution is -2.58. The van der Waals surface area contributed by atoms with Crippen LogP contribution in [0.15, 0.2) is 0 Å². The smallest absolute Gasteiger partial charge is 0.326 e. The summed E-state index contributed by atoms with van der Waals surface area (Å²) in [4.78, 5) is 71.1. The van der Waals surface area contributed by atoms with Crippen LogP contribution in [0.4, 0.5) is 0 Å². The third-order valence-corrected chi connectivity index (χ3v) is 5.31. The van der Waals surface area contributed by atoms with Gasteiger partial charge >= 0.3 is 5.97 Å². The predicted octanol–water partition coefficient (Wildman–Crippen LogP) is -2.64. The standard InChI is InChI=1S/C19H34N6O7S/c1-3-9(2)15(19(31)32)25-17(29)11(5-7-14(22)27)23-18(30)12(8-33)24-16(28)10(20)4-6-13(21)26/h9-12,15,33H,3-8,20H2,1-2H3,(H2,21,26)(H2,22,27)(H,23,30)(H,24,28)(H,25,29)(H,31,32). The van der Waals surface area contributed by atoms with Gasteiger partial charge in [0, 0.05) is 18.6 Å². The van der Waals surface area contributed by atoms with E-state index in [9.17, 15) is 33.9 Å². The number of primary amides is 2. The maximum atomic E-state index is 12.7. The van der Waals surface area contributed by atoms with Crippen molar-refractivity contribution in [2.75, 3.05) is 5.75 Å². The van der Waals surface area contributed by atoms with Gasteiger partial charge in [0.1, 0.15) is 18.1 Å². The van der Waals surface area contributed by atoms with E-state index in [4.69, 9.17) is 17.2 Å². The van der Waals surface area contributed by atoms with Crippen molar-refractivity contribution in [2.24, 2.45) is 23.1 Å². The minimum atomic E-state index is -1.29. The highest BCUT2D eigenvalue weighted by Crippen LogP contribution is 2.09. The monoisotopic (exact) mass is 490 g/mol. The van der Waals surface area contributed by atoms with E-state index in [0.29, 0.717) is 6.42 Å². The summed E-state index contributed by atoms with van der Waals surface area (Å²) >= 11 is 4.02. The Hall–Kier alpha value is -2.87. The Balaban J connectivity index is 5.35. The van der Waals surface area contributed by atoms with Crippen LogP contribution in [0.2, 0.25) is 0 Å². The summed E-state index contributed by atoms with van der Waals surface area (Å²) in [6.45, 7) is 3.40. The fraction of sp³-hybridized carbons (Fsp3) is 0.684. The maximum absolute atomic E-state index is 12.7. The highest BCUT2D eigenvalue weighted by molar-refractivity contribution is 7.80. The van der Waals surface area contributed by atoms with Gasteiger partial charge in [0.2, 0.25) is 29.5 Å². The fourth-order valence-corrected chi connectivity index (χ4v) is 2.92. The largest absolute Gasteiger partial charge is 0.480 e. The number of nitrogens with two attached hydrogens (primary N) is 3. The second-order valence-corrected chi connectivity index (χ2v) is 8.00. The fourth-order valence-electron chi connectivity index (χ4n) is 2.67. The molecule has 0 spiro atoms. The molecule has 0 aromatic heterocycles. The molecule has 33 heavy (non-hydrogen) atoms. The summed E-state index contributed by atoms with van der Waals surface area (Å²) in [6, 6.07) is -4.81. The zero-order chi connectivity index (χ0) is 25.7. The normalized spacial score (nSPS) is 15.3. The summed E-state index contributed by atoms with van der Waals surface area (Å²) in [7, 11) is 0. The molecule has 0 aliphatic heterocycles. The second-order valence-electron chi connectivity index (χ2n) is 7.63. The molecule has 0 aliphatic carbocycles. The van der Waals surface area contributed by atoms with Crippen molar-refractivity contribution in [3.05, 3.63) is 0 Å². The van der Waals surface area contributed by atoms with Gasteiger partial charge in [-0.1, -0.05) is 20.3 Å². The lowest BCUT2D eigenvalue weighted by Gasteiger charge is -2.26. The van der Waals surface area contributed by atoms with E-state index in [1.807, 2.05) is 0 Å². The highest BCUT2D eigenvalue weighted by atomic mass is 32.1. The summed E-state index contributed by atoms with van der Waals surface area (Å²) < 4.78 is 0. The minimum Gasteiger partial charge on any atom is -0.480 e. The Morgan fingerprint density at radius 3 is 1.79 bits per heavy atom. The zero-order valence-corrected chi connectivity index (χ0v) is 19.6. The molecule has 0 bridgehead atoms. The quantitative estimate of drug-likeness (QED) is 0.106. The van der Waals surface area contributed by atoms with E-state index in [2.05, 4.69) is 28.6 Å². The molecular weight excluding hydrogens is 456 g/mol. The number of hydrogen-bond acceptors (Lipinski definition) is 8. The first-order chi connectivity index (χ1) is 15.3. The second kappa shape index (κ2) is 15.1. The van der Waals surface area contributed by atoms with Crippen molar-refractivity contribution in [3.63, 3.8) is 0 Å². The number of carbonyl (C=O) groups excluding carboxylic acids is 5. The number of carboxylic acids is 1. The highest BCUT2D eigenvalue weighted by Gasteiger charge is 2.31. The molecule has 5 unspecified atom stereocenters. The van der Waals surface area contributed by atoms with Gasteiger partial charge in [-0.2, -0.15) is 12.6 Å². The average molecular weight is 491 g/mol. The van der Waals surface area contributed by atoms with Crippen LogP contribution in [0.1, 0.15) is 46.0 Å². The molecule has 0 heterocycles. The molecule has 0 saturated carbocycles. The lowest BCUT2D eigenvalue weighted by atomic mass is 9.98. The Labute approximate surface area is 197 Å². The van der Waals surface area contributed by atoms with Gasteiger partial charge in [0.05, 0.1) is 6.04 Å². The van der Waals surface area contributed by atoms with Crippen LogP contribution in [0, 0.1) is 5.92 Å². The van der Waals surface area contributed by atoms with Gasteiger partial charge < -0.3 is 38.3 Å². The summed E-state index contributed by atoms with van der Waals surface area (Å²) in [5.74, 6) is -5.52. The van der Waals surface area contributed by atoms with E-state index >= 15 is 0 Å². The molecule has 0 fully saturated rings. The predicted molar refractivity (Wildman–Crippen MR) is 122 cm³/mol. The van der Waals surface area contributed by atoms with E-state index in [1.54, 1.807) is 13.8 Å². The van der Waals surface area contributed by atoms with Crippen LogP contribution >= 0.6 is 12.6 Å². The molecule has 0 aromatic carbocycles. The molecule has 0 rings (SSSR count). The number of amides is 5. The number of hydrogen-bond donors (Lipinski definition) is 8. The number of carboxylic acid groups (broad SMARTS) is 1. The molecule has 13 nitrogen and oxygen atoms in total. The summed E-state index contributed by atoms with van der Waals surface area (Å²) in [5, 5.41) is 16.5. The molecule has 0 aliphatic rings. The minimum absolute atomic E-state index is 0.0299. The van der Waals surface area contributed by atoms with Crippen molar-refractivity contribution in [3.8, 4) is 0 Å². The first-order valence-electron chi connectivity index (χ1n) is 10.4. The SMILES string of the molecule is CCC(C)C(NC(=O)C(CCC(N)=O)NC(=O)C(CS)NC(=O)C(N)CCC(N)=O)C(=O)O. The van der Waals surface area contributed by atoms with Crippen LogP contribution < -0.4 is 33.2 Å². The van der Waals surface area contributed by atoms with Crippen molar-refractivity contribution < 1.29 is 33.9 Å². The Morgan fingerprint density at radius 2 is 1.33 bits per heavy atom. The Kier molecular flexibility index (Phi) is 13.7. The lowest BCUT2D eigenvalue weighted by molar-refractivity contribution is -0.144. The van der Waals surface area contributed by atoms with Crippen molar-refractivity contribution in [1.29, 1.82) is 0 Å². The number of carbonyl (C=O) groups is 6. The third-order valence-electron chi connectivity index (χ3n) is 4.94. The molecule has 5 atom stereocenters. The molecule has 0 aromatic rings. The van der Waals surface area contributed by atoms with Crippen molar-refractivity contribution in [1.82, 2.24) is 16.0 Å². The van der Waals surface area contributed by atoms with Crippen molar-refractivity contribution >= 4 is 48.1 Å². The number of thiol groups is 1. The van der Waals surface area contributed by atoms with E-state index in [1.165, 1.54) is 0 Å². The molecule has 5 amide bonds. The zero-order valence-electron chi connectivity index (χ0n) is 18.7. The number of rotatable bonds is 16. The van der Waals surface area contributed by atoms with Crippen LogP contribution in [-0.2, 0) is 28.8 Å². The molecule has 14 heteroatoms. The first-order valence-corrected chi connectivity index (χ1v) is 11.0. The molecular formula is C19H34N6O7S. The summed E-state index contributed by atoms with van der Waals surface area (Å²) in [5.41, 5.74) is 15.8. The molecule has 0 radical (unpaired) electrons. The topological polar surface area (TPSA) is 237 Å².